The van der Waals surface area contributed by atoms with Crippen LogP contribution in [0, 0.1) is 12.8 Å². The number of carbonyl (C=O) groups excluding carboxylic acids is 1. The molecule has 156 valence electrons. The summed E-state index contributed by atoms with van der Waals surface area (Å²) >= 11 is 12.0. The lowest BCUT2D eigenvalue weighted by Gasteiger charge is -2.30. The van der Waals surface area contributed by atoms with Crippen molar-refractivity contribution in [3.63, 3.8) is 0 Å². The molecule has 1 aliphatic heterocycles. The van der Waals surface area contributed by atoms with E-state index in [1.54, 1.807) is 18.2 Å². The van der Waals surface area contributed by atoms with Gasteiger partial charge in [-0.25, -0.2) is 0 Å². The summed E-state index contributed by atoms with van der Waals surface area (Å²) in [7, 11) is 0. The van der Waals surface area contributed by atoms with E-state index in [2.05, 4.69) is 20.4 Å². The van der Waals surface area contributed by atoms with Gasteiger partial charge in [0.25, 0.3) is 0 Å². The number of nitrogens with one attached hydrogen (secondary N) is 1. The Bertz CT molecular complexity index is 1050. The zero-order valence-corrected chi connectivity index (χ0v) is 18.1. The first-order chi connectivity index (χ1) is 14.5. The number of piperidine rings is 1. The number of anilines is 1. The fourth-order valence-electron chi connectivity index (χ4n) is 3.67. The van der Waals surface area contributed by atoms with Crippen molar-refractivity contribution >= 4 is 34.8 Å². The SMILES string of the molecule is Cc1ccccc1-c1noc(CN2CCCC(C(=O)Nc3ccc(Cl)c(Cl)c3)C2)n1. The molecule has 1 saturated heterocycles. The van der Waals surface area contributed by atoms with Gasteiger partial charge in [0.1, 0.15) is 0 Å². The van der Waals surface area contributed by atoms with E-state index in [9.17, 15) is 4.79 Å². The van der Waals surface area contributed by atoms with Crippen LogP contribution in [0.4, 0.5) is 5.69 Å². The standard InChI is InChI=1S/C22H22Cl2N4O2/c1-14-5-2-3-7-17(14)21-26-20(30-27-21)13-28-10-4-6-15(12-28)22(29)25-16-8-9-18(23)19(24)11-16/h2-3,5,7-9,11,15H,4,6,10,12-13H2,1H3,(H,25,29). The first-order valence-electron chi connectivity index (χ1n) is 9.86. The third-order valence-corrected chi connectivity index (χ3v) is 6.02. The number of nitrogens with zero attached hydrogens (tertiary/aromatic N) is 3. The van der Waals surface area contributed by atoms with Crippen molar-refractivity contribution < 1.29 is 9.32 Å². The Kier molecular flexibility index (Phi) is 6.37. The number of carbonyl (C=O) groups is 1. The lowest BCUT2D eigenvalue weighted by atomic mass is 9.97. The summed E-state index contributed by atoms with van der Waals surface area (Å²) in [4.78, 5) is 19.4. The smallest absolute Gasteiger partial charge is 0.241 e. The molecule has 0 aliphatic carbocycles. The van der Waals surface area contributed by atoms with Crippen molar-refractivity contribution in [2.75, 3.05) is 18.4 Å². The number of likely N-dealkylation sites (tertiary alicyclic amines) is 1. The van der Waals surface area contributed by atoms with Gasteiger partial charge >= 0.3 is 0 Å². The van der Waals surface area contributed by atoms with Crippen molar-refractivity contribution in [1.82, 2.24) is 15.0 Å². The van der Waals surface area contributed by atoms with Crippen LogP contribution in [0.25, 0.3) is 11.4 Å². The molecule has 1 aliphatic rings. The van der Waals surface area contributed by atoms with E-state index < -0.39 is 0 Å². The average molecular weight is 445 g/mol. The van der Waals surface area contributed by atoms with Crippen LogP contribution in [0.1, 0.15) is 24.3 Å². The molecule has 30 heavy (non-hydrogen) atoms. The van der Waals surface area contributed by atoms with Gasteiger partial charge in [0, 0.05) is 17.8 Å². The molecular formula is C22H22Cl2N4O2. The van der Waals surface area contributed by atoms with Crippen molar-refractivity contribution in [3.05, 3.63) is 64.0 Å². The second-order valence-electron chi connectivity index (χ2n) is 7.52. The molecule has 3 aromatic rings. The van der Waals surface area contributed by atoms with Gasteiger partial charge < -0.3 is 9.84 Å². The monoisotopic (exact) mass is 444 g/mol. The molecule has 8 heteroatoms. The summed E-state index contributed by atoms with van der Waals surface area (Å²) in [6.45, 7) is 4.07. The van der Waals surface area contributed by atoms with E-state index in [0.717, 1.165) is 30.5 Å². The van der Waals surface area contributed by atoms with Crippen LogP contribution in [0.5, 0.6) is 0 Å². The molecule has 2 heterocycles. The normalized spacial score (nSPS) is 17.1. The maximum atomic E-state index is 12.7. The van der Waals surface area contributed by atoms with Gasteiger partial charge in [-0.15, -0.1) is 0 Å². The van der Waals surface area contributed by atoms with Gasteiger partial charge in [0.05, 0.1) is 22.5 Å². The minimum atomic E-state index is -0.119. The van der Waals surface area contributed by atoms with E-state index in [0.29, 0.717) is 40.5 Å². The molecule has 2 aromatic carbocycles. The fraction of sp³-hybridized carbons (Fsp3) is 0.318. The molecular weight excluding hydrogens is 423 g/mol. The number of halogens is 2. The van der Waals surface area contributed by atoms with Crippen molar-refractivity contribution in [2.24, 2.45) is 5.92 Å². The average Bonchev–Trinajstić information content (AvgIpc) is 3.19. The maximum Gasteiger partial charge on any atom is 0.241 e. The fourth-order valence-corrected chi connectivity index (χ4v) is 3.97. The number of aryl methyl sites for hydroxylation is 1. The van der Waals surface area contributed by atoms with Crippen LogP contribution in [-0.2, 0) is 11.3 Å². The van der Waals surface area contributed by atoms with Crippen LogP contribution < -0.4 is 5.32 Å². The molecule has 6 nitrogen and oxygen atoms in total. The van der Waals surface area contributed by atoms with Gasteiger partial charge in [-0.2, -0.15) is 4.98 Å². The lowest BCUT2D eigenvalue weighted by molar-refractivity contribution is -0.121. The summed E-state index contributed by atoms with van der Waals surface area (Å²) in [5.74, 6) is 1.00. The topological polar surface area (TPSA) is 71.3 Å². The highest BCUT2D eigenvalue weighted by Crippen LogP contribution is 2.27. The number of amides is 1. The highest BCUT2D eigenvalue weighted by Gasteiger charge is 2.27. The first-order valence-corrected chi connectivity index (χ1v) is 10.6. The zero-order chi connectivity index (χ0) is 21.1. The molecule has 0 radical (unpaired) electrons. The minimum Gasteiger partial charge on any atom is -0.338 e. The quantitative estimate of drug-likeness (QED) is 0.585. The molecule has 1 aromatic heterocycles. The van der Waals surface area contributed by atoms with Crippen molar-refractivity contribution in [3.8, 4) is 11.4 Å². The Balaban J connectivity index is 1.38. The van der Waals surface area contributed by atoms with Gasteiger partial charge in [-0.3, -0.25) is 9.69 Å². The van der Waals surface area contributed by atoms with E-state index in [1.807, 2.05) is 31.2 Å². The van der Waals surface area contributed by atoms with Gasteiger partial charge in [0.2, 0.25) is 17.6 Å². The van der Waals surface area contributed by atoms with E-state index in [-0.39, 0.29) is 11.8 Å². The van der Waals surface area contributed by atoms with E-state index in [4.69, 9.17) is 27.7 Å². The third-order valence-electron chi connectivity index (χ3n) is 5.28. The summed E-state index contributed by atoms with van der Waals surface area (Å²) in [5.41, 5.74) is 2.71. The number of benzene rings is 2. The number of aromatic nitrogens is 2. The predicted octanol–water partition coefficient (Wildman–Crippen LogP) is 5.20. The Hall–Kier alpha value is -2.41. The van der Waals surface area contributed by atoms with Gasteiger partial charge in [-0.05, 0) is 50.1 Å². The van der Waals surface area contributed by atoms with Crippen molar-refractivity contribution in [2.45, 2.75) is 26.3 Å². The van der Waals surface area contributed by atoms with Crippen LogP contribution >= 0.6 is 23.2 Å². The summed E-state index contributed by atoms with van der Waals surface area (Å²) < 4.78 is 5.46. The van der Waals surface area contributed by atoms with Crippen LogP contribution in [0.3, 0.4) is 0 Å². The first kappa shape index (κ1) is 20.8. The van der Waals surface area contributed by atoms with E-state index >= 15 is 0 Å². The Morgan fingerprint density at radius 3 is 2.87 bits per heavy atom. The Labute approximate surface area is 185 Å². The van der Waals surface area contributed by atoms with Crippen LogP contribution in [-0.4, -0.2) is 34.0 Å². The maximum absolute atomic E-state index is 12.7. The van der Waals surface area contributed by atoms with E-state index in [1.165, 1.54) is 0 Å². The number of hydrogen-bond acceptors (Lipinski definition) is 5. The minimum absolute atomic E-state index is 0.0239. The molecule has 1 unspecified atom stereocenters. The largest absolute Gasteiger partial charge is 0.338 e. The molecule has 0 spiro atoms. The van der Waals surface area contributed by atoms with Crippen LogP contribution in [0.2, 0.25) is 10.0 Å². The molecule has 1 amide bonds. The summed E-state index contributed by atoms with van der Waals surface area (Å²) in [5, 5.41) is 7.94. The molecule has 4 rings (SSSR count). The third kappa shape index (κ3) is 4.83. The Morgan fingerprint density at radius 2 is 2.07 bits per heavy atom. The number of rotatable bonds is 5. The van der Waals surface area contributed by atoms with Crippen LogP contribution in [0.15, 0.2) is 47.0 Å². The highest BCUT2D eigenvalue weighted by atomic mass is 35.5. The molecule has 0 saturated carbocycles. The summed E-state index contributed by atoms with van der Waals surface area (Å²) in [6, 6.07) is 13.0. The Morgan fingerprint density at radius 1 is 1.23 bits per heavy atom. The van der Waals surface area contributed by atoms with Gasteiger partial charge in [0.15, 0.2) is 0 Å². The highest BCUT2D eigenvalue weighted by molar-refractivity contribution is 6.42. The van der Waals surface area contributed by atoms with Crippen molar-refractivity contribution in [1.29, 1.82) is 0 Å². The predicted molar refractivity (Wildman–Crippen MR) is 118 cm³/mol. The summed E-state index contributed by atoms with van der Waals surface area (Å²) in [6.07, 6.45) is 1.76. The zero-order valence-electron chi connectivity index (χ0n) is 16.6. The molecule has 1 fully saturated rings. The lowest BCUT2D eigenvalue weighted by Crippen LogP contribution is -2.40. The molecule has 1 N–H and O–H groups in total. The second-order valence-corrected chi connectivity index (χ2v) is 8.33. The van der Waals surface area contributed by atoms with Gasteiger partial charge in [-0.1, -0.05) is 52.6 Å². The second kappa shape index (κ2) is 9.16. The molecule has 0 bridgehead atoms. The molecule has 1 atom stereocenters. The number of hydrogen-bond donors (Lipinski definition) is 1.